The smallest absolute Gasteiger partial charge is 0.238 e. The number of hydrogen-bond acceptors (Lipinski definition) is 3. The van der Waals surface area contributed by atoms with Crippen LogP contribution >= 0.6 is 0 Å². The van der Waals surface area contributed by atoms with Crippen LogP contribution in [-0.2, 0) is 9.59 Å². The van der Waals surface area contributed by atoms with Gasteiger partial charge in [0.05, 0.1) is 19.1 Å². The van der Waals surface area contributed by atoms with Gasteiger partial charge < -0.3 is 10.6 Å². The van der Waals surface area contributed by atoms with Crippen LogP contribution in [0.4, 0.5) is 5.69 Å². The Morgan fingerprint density at radius 2 is 1.62 bits per heavy atom. The van der Waals surface area contributed by atoms with Crippen LogP contribution in [0.1, 0.15) is 29.7 Å². The molecule has 0 aliphatic rings. The Morgan fingerprint density at radius 3 is 2.31 bits per heavy atom. The number of benzene rings is 2. The van der Waals surface area contributed by atoms with E-state index < -0.39 is 0 Å². The number of carbonyl (C=O) groups excluding carboxylic acids is 2. The van der Waals surface area contributed by atoms with Crippen molar-refractivity contribution < 1.29 is 9.59 Å². The maximum Gasteiger partial charge on any atom is 0.238 e. The molecule has 0 aliphatic heterocycles. The summed E-state index contributed by atoms with van der Waals surface area (Å²) >= 11 is 0. The summed E-state index contributed by atoms with van der Waals surface area (Å²) < 4.78 is 0. The third-order valence-electron chi connectivity index (χ3n) is 4.38. The Bertz CT molecular complexity index is 759. The Kier molecular flexibility index (Phi) is 6.92. The van der Waals surface area contributed by atoms with Gasteiger partial charge in [0, 0.05) is 5.69 Å². The molecule has 0 aromatic heterocycles. The lowest BCUT2D eigenvalue weighted by Crippen LogP contribution is -2.39. The predicted octanol–water partition coefficient (Wildman–Crippen LogP) is 3.05. The molecule has 1 atom stereocenters. The van der Waals surface area contributed by atoms with Crippen molar-refractivity contribution in [3.8, 4) is 0 Å². The van der Waals surface area contributed by atoms with Gasteiger partial charge in [-0.2, -0.15) is 0 Å². The van der Waals surface area contributed by atoms with Crippen LogP contribution in [0.2, 0.25) is 0 Å². The summed E-state index contributed by atoms with van der Waals surface area (Å²) in [6.07, 6.45) is 0. The first-order chi connectivity index (χ1) is 12.4. The van der Waals surface area contributed by atoms with Gasteiger partial charge in [0.15, 0.2) is 0 Å². The van der Waals surface area contributed by atoms with Crippen molar-refractivity contribution in [3.63, 3.8) is 0 Å². The van der Waals surface area contributed by atoms with E-state index in [0.717, 1.165) is 22.4 Å². The zero-order chi connectivity index (χ0) is 19.1. The van der Waals surface area contributed by atoms with E-state index in [4.69, 9.17) is 0 Å². The van der Waals surface area contributed by atoms with Crippen LogP contribution in [0.3, 0.4) is 0 Å². The van der Waals surface area contributed by atoms with Gasteiger partial charge in [0.1, 0.15) is 0 Å². The number of carbonyl (C=O) groups is 2. The standard InChI is InChI=1S/C21H27N3O2/c1-15-9-8-12-19(16(15)2)23-21(26)14-24(4)13-20(25)22-17(3)18-10-6-5-7-11-18/h5-12,17H,13-14H2,1-4H3,(H,22,25)(H,23,26)/t17-/m0/s1. The molecule has 2 aromatic rings. The Morgan fingerprint density at radius 1 is 0.962 bits per heavy atom. The van der Waals surface area contributed by atoms with Crippen molar-refractivity contribution in [2.24, 2.45) is 0 Å². The normalized spacial score (nSPS) is 11.9. The monoisotopic (exact) mass is 353 g/mol. The fourth-order valence-electron chi connectivity index (χ4n) is 2.73. The topological polar surface area (TPSA) is 61.4 Å². The summed E-state index contributed by atoms with van der Waals surface area (Å²) in [5.41, 5.74) is 4.05. The fraction of sp³-hybridized carbons (Fsp3) is 0.333. The second-order valence-electron chi connectivity index (χ2n) is 6.67. The molecule has 0 aliphatic carbocycles. The number of amides is 2. The van der Waals surface area contributed by atoms with Crippen molar-refractivity contribution in [1.82, 2.24) is 10.2 Å². The molecule has 0 unspecified atom stereocenters. The van der Waals surface area contributed by atoms with Crippen LogP contribution in [0.15, 0.2) is 48.5 Å². The molecule has 0 saturated carbocycles. The van der Waals surface area contributed by atoms with Crippen LogP contribution in [0.5, 0.6) is 0 Å². The van der Waals surface area contributed by atoms with Gasteiger partial charge >= 0.3 is 0 Å². The van der Waals surface area contributed by atoms with Gasteiger partial charge in [-0.05, 0) is 50.6 Å². The van der Waals surface area contributed by atoms with Crippen molar-refractivity contribution in [2.75, 3.05) is 25.5 Å². The molecule has 0 fully saturated rings. The van der Waals surface area contributed by atoms with Crippen molar-refractivity contribution >= 4 is 17.5 Å². The quantitative estimate of drug-likeness (QED) is 0.804. The molecule has 2 N–H and O–H groups in total. The van der Waals surface area contributed by atoms with Crippen molar-refractivity contribution in [3.05, 3.63) is 65.2 Å². The largest absolute Gasteiger partial charge is 0.348 e. The van der Waals surface area contributed by atoms with Gasteiger partial charge in [-0.3, -0.25) is 14.5 Å². The van der Waals surface area contributed by atoms with Crippen LogP contribution in [0.25, 0.3) is 0 Å². The second-order valence-corrected chi connectivity index (χ2v) is 6.67. The molecule has 0 radical (unpaired) electrons. The third-order valence-corrected chi connectivity index (χ3v) is 4.38. The maximum absolute atomic E-state index is 12.2. The lowest BCUT2D eigenvalue weighted by Gasteiger charge is -2.19. The average Bonchev–Trinajstić information content (AvgIpc) is 2.59. The van der Waals surface area contributed by atoms with E-state index in [1.165, 1.54) is 0 Å². The Hall–Kier alpha value is -2.66. The van der Waals surface area contributed by atoms with E-state index >= 15 is 0 Å². The second kappa shape index (κ2) is 9.15. The minimum atomic E-state index is -0.134. The molecular formula is C21H27N3O2. The number of rotatable bonds is 7. The molecule has 5 heteroatoms. The SMILES string of the molecule is Cc1cccc(NC(=O)CN(C)CC(=O)N[C@@H](C)c2ccccc2)c1C. The highest BCUT2D eigenvalue weighted by Crippen LogP contribution is 2.17. The van der Waals surface area contributed by atoms with Gasteiger partial charge in [0.25, 0.3) is 0 Å². The van der Waals surface area contributed by atoms with Gasteiger partial charge in [0.2, 0.25) is 11.8 Å². The minimum Gasteiger partial charge on any atom is -0.348 e. The molecule has 0 heterocycles. The molecule has 2 rings (SSSR count). The average molecular weight is 353 g/mol. The molecule has 0 bridgehead atoms. The number of nitrogens with one attached hydrogen (secondary N) is 2. The predicted molar refractivity (Wildman–Crippen MR) is 105 cm³/mol. The summed E-state index contributed by atoms with van der Waals surface area (Å²) in [4.78, 5) is 26.1. The van der Waals surface area contributed by atoms with Crippen LogP contribution < -0.4 is 10.6 Å². The van der Waals surface area contributed by atoms with Crippen molar-refractivity contribution in [1.29, 1.82) is 0 Å². The van der Waals surface area contributed by atoms with E-state index in [9.17, 15) is 9.59 Å². The lowest BCUT2D eigenvalue weighted by atomic mass is 10.1. The number of nitrogens with zero attached hydrogens (tertiary/aromatic N) is 1. The zero-order valence-corrected chi connectivity index (χ0v) is 15.9. The van der Waals surface area contributed by atoms with Crippen LogP contribution in [-0.4, -0.2) is 36.9 Å². The molecule has 0 saturated heterocycles. The zero-order valence-electron chi connectivity index (χ0n) is 15.9. The number of anilines is 1. The van der Waals surface area contributed by atoms with Gasteiger partial charge in [-0.25, -0.2) is 0 Å². The summed E-state index contributed by atoms with van der Waals surface area (Å²) in [6.45, 7) is 6.25. The number of likely N-dealkylation sites (N-methyl/N-ethyl adjacent to an activating group) is 1. The highest BCUT2D eigenvalue weighted by atomic mass is 16.2. The first-order valence-corrected chi connectivity index (χ1v) is 8.75. The Balaban J connectivity index is 1.82. The summed E-state index contributed by atoms with van der Waals surface area (Å²) in [7, 11) is 1.76. The third kappa shape index (κ3) is 5.70. The molecule has 2 amide bonds. The highest BCUT2D eigenvalue weighted by Gasteiger charge is 2.14. The first kappa shape index (κ1) is 19.7. The molecule has 5 nitrogen and oxygen atoms in total. The summed E-state index contributed by atoms with van der Waals surface area (Å²) in [5.74, 6) is -0.242. The summed E-state index contributed by atoms with van der Waals surface area (Å²) in [5, 5.41) is 5.86. The molecular weight excluding hydrogens is 326 g/mol. The van der Waals surface area contributed by atoms with Crippen molar-refractivity contribution in [2.45, 2.75) is 26.8 Å². The van der Waals surface area contributed by atoms with Gasteiger partial charge in [-0.15, -0.1) is 0 Å². The number of hydrogen-bond donors (Lipinski definition) is 2. The molecule has 26 heavy (non-hydrogen) atoms. The van der Waals surface area contributed by atoms with E-state index in [-0.39, 0.29) is 30.9 Å². The highest BCUT2D eigenvalue weighted by molar-refractivity contribution is 5.93. The van der Waals surface area contributed by atoms with E-state index in [1.807, 2.05) is 69.3 Å². The van der Waals surface area contributed by atoms with E-state index in [0.29, 0.717) is 0 Å². The minimum absolute atomic E-state index is 0.0686. The maximum atomic E-state index is 12.2. The molecule has 2 aromatic carbocycles. The lowest BCUT2D eigenvalue weighted by molar-refractivity contribution is -0.123. The molecule has 0 spiro atoms. The number of aryl methyl sites for hydroxylation is 1. The van der Waals surface area contributed by atoms with Crippen LogP contribution in [0, 0.1) is 13.8 Å². The Labute approximate surface area is 155 Å². The van der Waals surface area contributed by atoms with E-state index in [2.05, 4.69) is 10.6 Å². The van der Waals surface area contributed by atoms with E-state index in [1.54, 1.807) is 11.9 Å². The molecule has 138 valence electrons. The fourth-order valence-corrected chi connectivity index (χ4v) is 2.73. The summed E-state index contributed by atoms with van der Waals surface area (Å²) in [6, 6.07) is 15.5. The first-order valence-electron chi connectivity index (χ1n) is 8.75. The van der Waals surface area contributed by atoms with Gasteiger partial charge in [-0.1, -0.05) is 42.5 Å².